The van der Waals surface area contributed by atoms with Gasteiger partial charge in [0.25, 0.3) is 11.8 Å². The summed E-state index contributed by atoms with van der Waals surface area (Å²) in [5, 5.41) is 0. The number of nitrogens with one attached hydrogen (secondary N) is 3. The number of anilines is 2. The van der Waals surface area contributed by atoms with E-state index in [0.29, 0.717) is 41.5 Å². The second-order valence-electron chi connectivity index (χ2n) is 10.8. The van der Waals surface area contributed by atoms with Crippen molar-refractivity contribution in [3.63, 3.8) is 0 Å². The number of hydrogen-bond acceptors (Lipinski definition) is 7. The summed E-state index contributed by atoms with van der Waals surface area (Å²) >= 11 is 0. The highest BCUT2D eigenvalue weighted by Gasteiger charge is 2.59. The Hall–Kier alpha value is -3.33. The van der Waals surface area contributed by atoms with E-state index in [4.69, 9.17) is 9.72 Å². The van der Waals surface area contributed by atoms with Gasteiger partial charge in [-0.05, 0) is 74.5 Å². The molecule has 4 heterocycles. The van der Waals surface area contributed by atoms with Crippen LogP contribution < -0.4 is 21.1 Å². The minimum Gasteiger partial charge on any atom is -0.493 e. The number of carbonyl (C=O) groups is 2. The quantitative estimate of drug-likeness (QED) is 0.609. The zero-order valence-corrected chi connectivity index (χ0v) is 20.5. The molecule has 2 aromatic rings. The Morgan fingerprint density at radius 3 is 2.31 bits per heavy atom. The van der Waals surface area contributed by atoms with Crippen LogP contribution in [0.25, 0.3) is 0 Å². The van der Waals surface area contributed by atoms with E-state index in [1.54, 1.807) is 0 Å². The predicted molar refractivity (Wildman–Crippen MR) is 135 cm³/mol. The number of amides is 2. The van der Waals surface area contributed by atoms with Gasteiger partial charge in [-0.25, -0.2) is 4.98 Å². The first-order chi connectivity index (χ1) is 17.6. The molecule has 3 N–H and O–H groups in total. The van der Waals surface area contributed by atoms with E-state index < -0.39 is 0 Å². The lowest BCUT2D eigenvalue weighted by Gasteiger charge is -2.42. The van der Waals surface area contributed by atoms with Gasteiger partial charge in [0, 0.05) is 49.1 Å². The summed E-state index contributed by atoms with van der Waals surface area (Å²) in [6, 6.07) is 7.57. The summed E-state index contributed by atoms with van der Waals surface area (Å²) in [7, 11) is 0. The first-order valence-electron chi connectivity index (χ1n) is 13.3. The predicted octanol–water partition coefficient (Wildman–Crippen LogP) is 2.71. The molecule has 9 nitrogen and oxygen atoms in total. The van der Waals surface area contributed by atoms with E-state index >= 15 is 0 Å². The van der Waals surface area contributed by atoms with Gasteiger partial charge in [-0.1, -0.05) is 0 Å². The fraction of sp³-hybridized carbons (Fsp3) is 0.519. The maximum absolute atomic E-state index is 13.5. The molecule has 3 fully saturated rings. The van der Waals surface area contributed by atoms with Gasteiger partial charge < -0.3 is 25.4 Å². The third kappa shape index (κ3) is 3.36. The van der Waals surface area contributed by atoms with Crippen LogP contribution >= 0.6 is 0 Å². The van der Waals surface area contributed by atoms with Crippen molar-refractivity contribution in [3.8, 4) is 5.75 Å². The molecule has 0 bridgehead atoms. The summed E-state index contributed by atoms with van der Waals surface area (Å²) in [6.07, 6.45) is 4.17. The molecule has 2 unspecified atom stereocenters. The smallest absolute Gasteiger partial charge is 0.272 e. The second-order valence-corrected chi connectivity index (χ2v) is 10.8. The molecule has 4 atom stereocenters. The van der Waals surface area contributed by atoms with Gasteiger partial charge in [0.1, 0.15) is 11.4 Å². The van der Waals surface area contributed by atoms with Gasteiger partial charge in [-0.15, -0.1) is 5.53 Å². The Kier molecular flexibility index (Phi) is 5.09. The molecule has 188 valence electrons. The number of benzene rings is 1. The first kappa shape index (κ1) is 21.9. The van der Waals surface area contributed by atoms with E-state index in [1.165, 1.54) is 5.56 Å². The summed E-state index contributed by atoms with van der Waals surface area (Å²) in [6.45, 7) is 5.65. The van der Waals surface area contributed by atoms with Crippen molar-refractivity contribution in [1.82, 2.24) is 20.3 Å². The fourth-order valence-electron chi connectivity index (χ4n) is 7.17. The number of aromatic nitrogens is 1. The number of ether oxygens (including phenoxy) is 1. The van der Waals surface area contributed by atoms with Crippen molar-refractivity contribution < 1.29 is 14.3 Å². The molecule has 9 heteroatoms. The monoisotopic (exact) mass is 488 g/mol. The minimum absolute atomic E-state index is 0.0255. The van der Waals surface area contributed by atoms with Crippen LogP contribution in [0.3, 0.4) is 0 Å². The molecule has 2 aliphatic carbocycles. The molecule has 0 spiro atoms. The maximum atomic E-state index is 13.5. The third-order valence-electron chi connectivity index (χ3n) is 8.94. The summed E-state index contributed by atoms with van der Waals surface area (Å²) in [4.78, 5) is 35.5. The van der Waals surface area contributed by atoms with Gasteiger partial charge >= 0.3 is 0 Å². The summed E-state index contributed by atoms with van der Waals surface area (Å²) in [5.41, 5.74) is 14.2. The number of likely N-dealkylation sites (tertiary alicyclic amines) is 2. The number of fused-ring (bicyclic) bond motifs is 6. The van der Waals surface area contributed by atoms with Crippen LogP contribution in [-0.2, 0) is 12.8 Å². The Morgan fingerprint density at radius 1 is 0.917 bits per heavy atom. The van der Waals surface area contributed by atoms with Crippen molar-refractivity contribution in [2.75, 3.05) is 43.6 Å². The van der Waals surface area contributed by atoms with E-state index in [9.17, 15) is 9.59 Å². The standard InChI is InChI=1S/C27H32N6O3/c1-2-36-25-10-24(28-21-6-4-3-5-16(21)25)27(35)33-13-19-17-11-32(12-18(17)20(19)14-33)26(34)15-7-8-22-23(9-15)30-31-29-22/h7-10,17-20,29-31H,2-6,11-14H2,1H3/t17-,18+,19?,20?. The average molecular weight is 489 g/mol. The molecule has 2 amide bonds. The maximum Gasteiger partial charge on any atom is 0.272 e. The van der Waals surface area contributed by atoms with Crippen LogP contribution in [0.15, 0.2) is 24.3 Å². The zero-order chi connectivity index (χ0) is 24.4. The fourth-order valence-corrected chi connectivity index (χ4v) is 7.17. The minimum atomic E-state index is 0.0255. The molecule has 3 aliphatic heterocycles. The molecule has 0 radical (unpaired) electrons. The Balaban J connectivity index is 1.03. The van der Waals surface area contributed by atoms with Gasteiger partial charge in [0.05, 0.1) is 18.0 Å². The molecule has 2 saturated heterocycles. The highest BCUT2D eigenvalue weighted by atomic mass is 16.5. The SMILES string of the molecule is CCOc1cc(C(=O)N2CC3C(C2)[C@@H]2CN(C(=O)c4ccc5c(c4)NNN5)C[C@H]32)nc2c1CCCC2. The van der Waals surface area contributed by atoms with Crippen LogP contribution in [0, 0.1) is 23.7 Å². The largest absolute Gasteiger partial charge is 0.493 e. The van der Waals surface area contributed by atoms with Crippen LogP contribution in [0.2, 0.25) is 0 Å². The highest BCUT2D eigenvalue weighted by molar-refractivity contribution is 5.97. The number of hydrogen-bond donors (Lipinski definition) is 3. The Bertz CT molecular complexity index is 1230. The second kappa shape index (κ2) is 8.37. The summed E-state index contributed by atoms with van der Waals surface area (Å²) in [5.74, 6) is 2.84. The number of nitrogens with zero attached hydrogens (tertiary/aromatic N) is 3. The average Bonchev–Trinajstić information content (AvgIpc) is 3.62. The lowest BCUT2D eigenvalue weighted by molar-refractivity contribution is 0.0629. The number of carbonyl (C=O) groups excluding carboxylic acids is 2. The van der Waals surface area contributed by atoms with Crippen molar-refractivity contribution in [3.05, 3.63) is 46.8 Å². The molecule has 1 aromatic heterocycles. The van der Waals surface area contributed by atoms with E-state index in [-0.39, 0.29) is 11.8 Å². The van der Waals surface area contributed by atoms with Gasteiger partial charge in [-0.2, -0.15) is 0 Å². The molecule has 5 aliphatic rings. The highest BCUT2D eigenvalue weighted by Crippen LogP contribution is 2.54. The van der Waals surface area contributed by atoms with Crippen LogP contribution in [0.4, 0.5) is 11.4 Å². The van der Waals surface area contributed by atoms with Gasteiger partial charge in [0.15, 0.2) is 0 Å². The normalized spacial score (nSPS) is 27.2. The lowest BCUT2D eigenvalue weighted by Crippen LogP contribution is -2.44. The zero-order valence-electron chi connectivity index (χ0n) is 20.5. The van der Waals surface area contributed by atoms with Crippen molar-refractivity contribution >= 4 is 23.2 Å². The van der Waals surface area contributed by atoms with Crippen LogP contribution in [-0.4, -0.2) is 59.4 Å². The van der Waals surface area contributed by atoms with E-state index in [2.05, 4.69) is 16.4 Å². The van der Waals surface area contributed by atoms with Crippen LogP contribution in [0.5, 0.6) is 5.75 Å². The number of aryl methyl sites for hydroxylation is 1. The number of rotatable bonds is 4. The summed E-state index contributed by atoms with van der Waals surface area (Å²) < 4.78 is 5.91. The molecular weight excluding hydrogens is 456 g/mol. The molecule has 7 rings (SSSR count). The number of hydrazine groups is 2. The van der Waals surface area contributed by atoms with Crippen molar-refractivity contribution in [2.45, 2.75) is 32.6 Å². The molecule has 1 aromatic carbocycles. The van der Waals surface area contributed by atoms with E-state index in [1.807, 2.05) is 41.0 Å². The van der Waals surface area contributed by atoms with Gasteiger partial charge in [-0.3, -0.25) is 9.59 Å². The molecular formula is C27H32N6O3. The van der Waals surface area contributed by atoms with E-state index in [0.717, 1.165) is 74.7 Å². The van der Waals surface area contributed by atoms with Crippen molar-refractivity contribution in [1.29, 1.82) is 0 Å². The first-order valence-corrected chi connectivity index (χ1v) is 13.3. The van der Waals surface area contributed by atoms with Crippen molar-refractivity contribution in [2.24, 2.45) is 23.7 Å². The topological polar surface area (TPSA) is 98.8 Å². The number of pyridine rings is 1. The van der Waals surface area contributed by atoms with Crippen LogP contribution in [0.1, 0.15) is 51.9 Å². The Labute approximate surface area is 210 Å². The molecule has 1 saturated carbocycles. The lowest BCUT2D eigenvalue weighted by atomic mass is 9.60. The molecule has 36 heavy (non-hydrogen) atoms. The van der Waals surface area contributed by atoms with Gasteiger partial charge in [0.2, 0.25) is 0 Å². The third-order valence-corrected chi connectivity index (χ3v) is 8.94. The Morgan fingerprint density at radius 2 is 1.58 bits per heavy atom.